The van der Waals surface area contributed by atoms with E-state index in [2.05, 4.69) is 26.1 Å². The number of amides is 1. The Morgan fingerprint density at radius 1 is 1.33 bits per heavy atom. The molecule has 0 aliphatic carbocycles. The van der Waals surface area contributed by atoms with E-state index in [0.717, 1.165) is 25.7 Å². The Hall–Kier alpha value is -0.530. The second kappa shape index (κ2) is 7.14. The molecular weight excluding hydrogens is 150 g/mol. The predicted molar refractivity (Wildman–Crippen MR) is 52.0 cm³/mol. The minimum Gasteiger partial charge on any atom is -0.354 e. The third-order valence-electron chi connectivity index (χ3n) is 1.89. The van der Waals surface area contributed by atoms with Gasteiger partial charge in [0.25, 0.3) is 0 Å². The summed E-state index contributed by atoms with van der Waals surface area (Å²) in [7, 11) is 0. The number of carbonyl (C=O) groups is 1. The van der Waals surface area contributed by atoms with Gasteiger partial charge in [-0.05, 0) is 19.8 Å². The number of hydrogen-bond donors (Lipinski definition) is 1. The maximum absolute atomic E-state index is 11.2. The number of unbranched alkanes of at least 4 members (excludes halogenated alkanes) is 1. The van der Waals surface area contributed by atoms with Crippen LogP contribution in [0, 0.1) is 0 Å². The molecule has 0 rings (SSSR count). The fourth-order valence-electron chi connectivity index (χ4n) is 1.19. The first-order chi connectivity index (χ1) is 5.70. The van der Waals surface area contributed by atoms with Crippen molar-refractivity contribution >= 4 is 5.91 Å². The van der Waals surface area contributed by atoms with Crippen LogP contribution in [-0.2, 0) is 4.79 Å². The first kappa shape index (κ1) is 11.5. The first-order valence-corrected chi connectivity index (χ1v) is 5.00. The van der Waals surface area contributed by atoms with Crippen molar-refractivity contribution in [2.45, 2.75) is 58.9 Å². The highest BCUT2D eigenvalue weighted by Gasteiger charge is 2.04. The molecule has 0 aromatic rings. The third-order valence-corrected chi connectivity index (χ3v) is 1.89. The fraction of sp³-hybridized carbons (Fsp3) is 0.900. The van der Waals surface area contributed by atoms with Crippen molar-refractivity contribution in [3.8, 4) is 0 Å². The molecule has 0 saturated heterocycles. The maximum atomic E-state index is 11.2. The third kappa shape index (κ3) is 6.20. The minimum atomic E-state index is 0.206. The van der Waals surface area contributed by atoms with E-state index >= 15 is 0 Å². The van der Waals surface area contributed by atoms with Gasteiger partial charge in [0.05, 0.1) is 0 Å². The van der Waals surface area contributed by atoms with Crippen LogP contribution in [-0.4, -0.2) is 11.9 Å². The summed E-state index contributed by atoms with van der Waals surface area (Å²) in [5, 5.41) is 2.98. The molecule has 1 N–H and O–H groups in total. The summed E-state index contributed by atoms with van der Waals surface area (Å²) in [6.07, 6.45) is 5.00. The SMILES string of the molecule is CCCCC(=O)NC(C)CCC. The number of nitrogens with one attached hydrogen (secondary N) is 1. The summed E-state index contributed by atoms with van der Waals surface area (Å²) in [5.74, 6) is 0.206. The van der Waals surface area contributed by atoms with E-state index in [9.17, 15) is 4.79 Å². The Bertz CT molecular complexity index is 123. The number of carbonyl (C=O) groups excluding carboxylic acids is 1. The van der Waals surface area contributed by atoms with Crippen LogP contribution in [0.1, 0.15) is 52.9 Å². The molecule has 0 aliphatic heterocycles. The van der Waals surface area contributed by atoms with Crippen LogP contribution in [0.25, 0.3) is 0 Å². The Morgan fingerprint density at radius 2 is 2.00 bits per heavy atom. The van der Waals surface area contributed by atoms with Crippen molar-refractivity contribution in [3.05, 3.63) is 0 Å². The van der Waals surface area contributed by atoms with Gasteiger partial charge in [-0.25, -0.2) is 0 Å². The van der Waals surface area contributed by atoms with E-state index < -0.39 is 0 Å². The lowest BCUT2D eigenvalue weighted by Crippen LogP contribution is -2.32. The minimum absolute atomic E-state index is 0.206. The average molecular weight is 171 g/mol. The zero-order valence-electron chi connectivity index (χ0n) is 8.52. The summed E-state index contributed by atoms with van der Waals surface area (Å²) in [4.78, 5) is 11.2. The molecule has 0 aromatic carbocycles. The first-order valence-electron chi connectivity index (χ1n) is 5.00. The van der Waals surface area contributed by atoms with Crippen molar-refractivity contribution < 1.29 is 4.79 Å². The normalized spacial score (nSPS) is 12.6. The highest BCUT2D eigenvalue weighted by atomic mass is 16.1. The van der Waals surface area contributed by atoms with E-state index in [-0.39, 0.29) is 5.91 Å². The van der Waals surface area contributed by atoms with Crippen molar-refractivity contribution in [2.24, 2.45) is 0 Å². The molecular formula is C10H21NO. The quantitative estimate of drug-likeness (QED) is 0.653. The van der Waals surface area contributed by atoms with Gasteiger partial charge in [-0.1, -0.05) is 26.7 Å². The second-order valence-electron chi connectivity index (χ2n) is 3.36. The largest absolute Gasteiger partial charge is 0.354 e. The molecule has 0 radical (unpaired) electrons. The fourth-order valence-corrected chi connectivity index (χ4v) is 1.19. The molecule has 0 aliphatic rings. The Labute approximate surface area is 75.7 Å². The van der Waals surface area contributed by atoms with Crippen molar-refractivity contribution in [2.75, 3.05) is 0 Å². The zero-order valence-corrected chi connectivity index (χ0v) is 8.52. The van der Waals surface area contributed by atoms with Gasteiger partial charge in [-0.15, -0.1) is 0 Å². The molecule has 2 nitrogen and oxygen atoms in total. The molecule has 0 heterocycles. The van der Waals surface area contributed by atoms with Gasteiger partial charge in [-0.3, -0.25) is 4.79 Å². The highest BCUT2D eigenvalue weighted by Crippen LogP contribution is 1.98. The molecule has 0 fully saturated rings. The molecule has 1 atom stereocenters. The predicted octanol–water partition coefficient (Wildman–Crippen LogP) is 2.48. The van der Waals surface area contributed by atoms with Crippen LogP contribution in [0.5, 0.6) is 0 Å². The van der Waals surface area contributed by atoms with E-state index in [1.165, 1.54) is 0 Å². The molecule has 72 valence electrons. The van der Waals surface area contributed by atoms with Crippen LogP contribution in [0.2, 0.25) is 0 Å². The number of hydrogen-bond acceptors (Lipinski definition) is 1. The van der Waals surface area contributed by atoms with E-state index in [4.69, 9.17) is 0 Å². The zero-order chi connectivity index (χ0) is 9.40. The molecule has 2 heteroatoms. The molecule has 0 spiro atoms. The molecule has 12 heavy (non-hydrogen) atoms. The van der Waals surface area contributed by atoms with Crippen LogP contribution in [0.3, 0.4) is 0 Å². The lowest BCUT2D eigenvalue weighted by atomic mass is 10.2. The number of rotatable bonds is 6. The van der Waals surface area contributed by atoms with Crippen LogP contribution < -0.4 is 5.32 Å². The highest BCUT2D eigenvalue weighted by molar-refractivity contribution is 5.76. The van der Waals surface area contributed by atoms with Crippen LogP contribution in [0.15, 0.2) is 0 Å². The summed E-state index contributed by atoms with van der Waals surface area (Å²) in [6.45, 7) is 6.30. The van der Waals surface area contributed by atoms with Crippen LogP contribution >= 0.6 is 0 Å². The lowest BCUT2D eigenvalue weighted by Gasteiger charge is -2.11. The summed E-state index contributed by atoms with van der Waals surface area (Å²) < 4.78 is 0. The Balaban J connectivity index is 3.40. The summed E-state index contributed by atoms with van der Waals surface area (Å²) in [5.41, 5.74) is 0. The van der Waals surface area contributed by atoms with Gasteiger partial charge < -0.3 is 5.32 Å². The van der Waals surface area contributed by atoms with Crippen molar-refractivity contribution in [1.29, 1.82) is 0 Å². The van der Waals surface area contributed by atoms with E-state index in [1.54, 1.807) is 0 Å². The molecule has 1 unspecified atom stereocenters. The van der Waals surface area contributed by atoms with Gasteiger partial charge in [0.2, 0.25) is 5.91 Å². The molecule has 0 bridgehead atoms. The Kier molecular flexibility index (Phi) is 6.82. The lowest BCUT2D eigenvalue weighted by molar-refractivity contribution is -0.121. The Morgan fingerprint density at radius 3 is 2.50 bits per heavy atom. The summed E-state index contributed by atoms with van der Waals surface area (Å²) in [6, 6.07) is 0.347. The van der Waals surface area contributed by atoms with Crippen molar-refractivity contribution in [1.82, 2.24) is 5.32 Å². The standard InChI is InChI=1S/C10H21NO/c1-4-6-8-10(12)11-9(3)7-5-2/h9H,4-8H2,1-3H3,(H,11,12). The molecule has 0 aromatic heterocycles. The second-order valence-corrected chi connectivity index (χ2v) is 3.36. The van der Waals surface area contributed by atoms with Crippen LogP contribution in [0.4, 0.5) is 0 Å². The van der Waals surface area contributed by atoms with Gasteiger partial charge >= 0.3 is 0 Å². The van der Waals surface area contributed by atoms with E-state index in [0.29, 0.717) is 12.5 Å². The monoisotopic (exact) mass is 171 g/mol. The van der Waals surface area contributed by atoms with Gasteiger partial charge in [0.1, 0.15) is 0 Å². The maximum Gasteiger partial charge on any atom is 0.220 e. The summed E-state index contributed by atoms with van der Waals surface area (Å²) >= 11 is 0. The topological polar surface area (TPSA) is 29.1 Å². The smallest absolute Gasteiger partial charge is 0.220 e. The van der Waals surface area contributed by atoms with Gasteiger partial charge in [0.15, 0.2) is 0 Å². The van der Waals surface area contributed by atoms with Gasteiger partial charge in [-0.2, -0.15) is 0 Å². The van der Waals surface area contributed by atoms with Crippen molar-refractivity contribution in [3.63, 3.8) is 0 Å². The average Bonchev–Trinajstić information content (AvgIpc) is 2.01. The van der Waals surface area contributed by atoms with E-state index in [1.807, 2.05) is 0 Å². The molecule has 0 saturated carbocycles. The van der Waals surface area contributed by atoms with Gasteiger partial charge in [0, 0.05) is 12.5 Å². The molecule has 1 amide bonds.